The van der Waals surface area contributed by atoms with Gasteiger partial charge >= 0.3 is 0 Å². The summed E-state index contributed by atoms with van der Waals surface area (Å²) in [6.07, 6.45) is 0. The molecule has 6 aromatic carbocycles. The van der Waals surface area contributed by atoms with Crippen LogP contribution in [0.2, 0.25) is 78.6 Å². The van der Waals surface area contributed by atoms with Gasteiger partial charge in [-0.15, -0.1) is 0 Å². The van der Waals surface area contributed by atoms with Crippen molar-refractivity contribution in [3.8, 4) is 22.3 Å². The topological polar surface area (TPSA) is 0 Å². The summed E-state index contributed by atoms with van der Waals surface area (Å²) >= 11 is 0. The number of hydrogen-bond acceptors (Lipinski definition) is 0. The SMILES string of the molecule is C[Si](C)(C)c1ccc(-c2cc([Si](C)(C)C)c3ccc4c(-c5ccc([Si](C)(C)C)cc5)cc([Si](C)(C)C)c5ccc2c3c45)cc1. The molecule has 0 spiro atoms. The average molecular weight is 643 g/mol. The molecule has 0 saturated carbocycles. The van der Waals surface area contributed by atoms with Crippen molar-refractivity contribution >= 4 is 85.4 Å². The van der Waals surface area contributed by atoms with Crippen LogP contribution in [0.15, 0.2) is 84.9 Å². The monoisotopic (exact) mass is 642 g/mol. The van der Waals surface area contributed by atoms with E-state index in [0.29, 0.717) is 0 Å². The zero-order valence-electron chi connectivity index (χ0n) is 29.1. The number of hydrogen-bond donors (Lipinski definition) is 0. The molecule has 0 bridgehead atoms. The molecule has 4 heteroatoms. The van der Waals surface area contributed by atoms with Gasteiger partial charge in [-0.3, -0.25) is 0 Å². The Hall–Kier alpha value is -2.77. The Morgan fingerprint density at radius 2 is 0.614 bits per heavy atom. The second kappa shape index (κ2) is 10.4. The fourth-order valence-corrected chi connectivity index (χ4v) is 12.5. The van der Waals surface area contributed by atoms with E-state index in [1.165, 1.54) is 64.9 Å². The van der Waals surface area contributed by atoms with E-state index < -0.39 is 32.3 Å². The smallest absolute Gasteiger partial charge is 0.0656 e. The molecule has 0 N–H and O–H groups in total. The first-order chi connectivity index (χ1) is 20.4. The third-order valence-electron chi connectivity index (χ3n) is 9.64. The van der Waals surface area contributed by atoms with Gasteiger partial charge in [-0.05, 0) is 54.6 Å². The quantitative estimate of drug-likeness (QED) is 0.125. The highest BCUT2D eigenvalue weighted by Crippen LogP contribution is 2.42. The Bertz CT molecular complexity index is 1860. The van der Waals surface area contributed by atoms with Gasteiger partial charge in [0.05, 0.1) is 32.3 Å². The van der Waals surface area contributed by atoms with Gasteiger partial charge in [0.15, 0.2) is 0 Å². The fraction of sp³-hybridized carbons (Fsp3) is 0.300. The first-order valence-electron chi connectivity index (χ1n) is 16.4. The van der Waals surface area contributed by atoms with E-state index in [-0.39, 0.29) is 0 Å². The van der Waals surface area contributed by atoms with Gasteiger partial charge in [0.25, 0.3) is 0 Å². The molecule has 0 aromatic heterocycles. The van der Waals surface area contributed by atoms with Crippen molar-refractivity contribution in [3.63, 3.8) is 0 Å². The van der Waals surface area contributed by atoms with E-state index in [4.69, 9.17) is 0 Å². The average Bonchev–Trinajstić information content (AvgIpc) is 2.93. The van der Waals surface area contributed by atoms with Gasteiger partial charge in [0.2, 0.25) is 0 Å². The molecule has 0 amide bonds. The van der Waals surface area contributed by atoms with Crippen molar-refractivity contribution in [1.82, 2.24) is 0 Å². The van der Waals surface area contributed by atoms with Gasteiger partial charge in [0, 0.05) is 0 Å². The Morgan fingerprint density at radius 3 is 0.886 bits per heavy atom. The minimum atomic E-state index is -1.66. The first-order valence-corrected chi connectivity index (χ1v) is 30.4. The molecular formula is C40H50Si4. The summed E-state index contributed by atoms with van der Waals surface area (Å²) in [5, 5.41) is 14.9. The highest BCUT2D eigenvalue weighted by Gasteiger charge is 2.28. The molecule has 44 heavy (non-hydrogen) atoms. The summed E-state index contributed by atoms with van der Waals surface area (Å²) in [5.74, 6) is 0. The fourth-order valence-electron chi connectivity index (χ4n) is 7.01. The summed E-state index contributed by atoms with van der Waals surface area (Å²) in [4.78, 5) is 0. The van der Waals surface area contributed by atoms with Crippen molar-refractivity contribution in [2.45, 2.75) is 78.6 Å². The van der Waals surface area contributed by atoms with Crippen molar-refractivity contribution in [3.05, 3.63) is 84.9 Å². The Balaban J connectivity index is 1.75. The lowest BCUT2D eigenvalue weighted by atomic mass is 9.87. The minimum absolute atomic E-state index is 1.34. The molecule has 0 radical (unpaired) electrons. The van der Waals surface area contributed by atoms with Gasteiger partial charge in [-0.1, -0.05) is 184 Å². The van der Waals surface area contributed by atoms with E-state index in [9.17, 15) is 0 Å². The van der Waals surface area contributed by atoms with E-state index >= 15 is 0 Å². The van der Waals surface area contributed by atoms with Crippen LogP contribution in [0.1, 0.15) is 0 Å². The second-order valence-electron chi connectivity index (χ2n) is 17.2. The summed E-state index contributed by atoms with van der Waals surface area (Å²) in [6.45, 7) is 29.7. The first kappa shape index (κ1) is 31.2. The maximum Gasteiger partial charge on any atom is 0.0784 e. The van der Waals surface area contributed by atoms with Crippen molar-refractivity contribution in [2.24, 2.45) is 0 Å². The summed E-state index contributed by atoms with van der Waals surface area (Å²) in [7, 11) is -6.06. The van der Waals surface area contributed by atoms with Crippen LogP contribution in [-0.2, 0) is 0 Å². The summed E-state index contributed by atoms with van der Waals surface area (Å²) < 4.78 is 0. The molecule has 0 fully saturated rings. The van der Waals surface area contributed by atoms with Crippen molar-refractivity contribution in [1.29, 1.82) is 0 Å². The van der Waals surface area contributed by atoms with E-state index in [1.807, 2.05) is 0 Å². The highest BCUT2D eigenvalue weighted by atomic mass is 28.3. The van der Waals surface area contributed by atoms with Crippen LogP contribution >= 0.6 is 0 Å². The standard InChI is InChI=1S/C40H50Si4/c1-41(2,3)29-17-13-27(14-18-29)35-25-37(43(7,8)9)33-24-22-32-36(28-15-19-30(20-16-28)42(4,5)6)26-38(44(10,11)12)34-23-21-31(35)39(33)40(32)34/h13-26H,1-12H3. The second-order valence-corrected chi connectivity index (χ2v) is 37.4. The zero-order chi connectivity index (χ0) is 32.0. The van der Waals surface area contributed by atoms with E-state index in [0.717, 1.165) is 0 Å². The van der Waals surface area contributed by atoms with E-state index in [2.05, 4.69) is 163 Å². The number of rotatable bonds is 6. The lowest BCUT2D eigenvalue weighted by molar-refractivity contribution is 1.64. The Morgan fingerprint density at radius 1 is 0.318 bits per heavy atom. The maximum atomic E-state index is 2.56. The molecular weight excluding hydrogens is 593 g/mol. The van der Waals surface area contributed by atoms with Gasteiger partial charge in [-0.25, -0.2) is 0 Å². The maximum absolute atomic E-state index is 2.56. The minimum Gasteiger partial charge on any atom is -0.0656 e. The van der Waals surface area contributed by atoms with Crippen LogP contribution < -0.4 is 20.7 Å². The van der Waals surface area contributed by atoms with Crippen LogP contribution in [0, 0.1) is 0 Å². The Kier molecular flexibility index (Phi) is 7.36. The molecule has 6 rings (SSSR count). The third-order valence-corrected chi connectivity index (χ3v) is 17.8. The highest BCUT2D eigenvalue weighted by molar-refractivity contribution is 6.92. The van der Waals surface area contributed by atoms with Gasteiger partial charge in [-0.2, -0.15) is 0 Å². The molecule has 0 aliphatic rings. The zero-order valence-corrected chi connectivity index (χ0v) is 33.1. The summed E-state index contributed by atoms with van der Waals surface area (Å²) in [6, 6.07) is 34.1. The normalized spacial score (nSPS) is 13.5. The molecule has 0 unspecified atom stereocenters. The molecule has 0 saturated heterocycles. The largest absolute Gasteiger partial charge is 0.0784 e. The molecule has 0 atom stereocenters. The van der Waals surface area contributed by atoms with Crippen LogP contribution in [0.5, 0.6) is 0 Å². The molecule has 0 aliphatic heterocycles. The van der Waals surface area contributed by atoms with E-state index in [1.54, 1.807) is 10.4 Å². The van der Waals surface area contributed by atoms with Gasteiger partial charge < -0.3 is 0 Å². The molecule has 6 aromatic rings. The number of benzene rings is 6. The van der Waals surface area contributed by atoms with Crippen LogP contribution in [-0.4, -0.2) is 32.3 Å². The molecule has 0 aliphatic carbocycles. The van der Waals surface area contributed by atoms with Crippen molar-refractivity contribution in [2.75, 3.05) is 0 Å². The van der Waals surface area contributed by atoms with Crippen molar-refractivity contribution < 1.29 is 0 Å². The molecule has 226 valence electrons. The Labute approximate surface area is 269 Å². The molecule has 0 heterocycles. The van der Waals surface area contributed by atoms with Crippen LogP contribution in [0.3, 0.4) is 0 Å². The lowest BCUT2D eigenvalue weighted by Crippen LogP contribution is -2.39. The predicted octanol–water partition coefficient (Wildman–Crippen LogP) is 10.1. The lowest BCUT2D eigenvalue weighted by Gasteiger charge is -2.27. The third kappa shape index (κ3) is 5.38. The molecule has 0 nitrogen and oxygen atoms in total. The summed E-state index contributed by atoms with van der Waals surface area (Å²) in [5.41, 5.74) is 5.48. The van der Waals surface area contributed by atoms with Crippen LogP contribution in [0.25, 0.3) is 54.6 Å². The van der Waals surface area contributed by atoms with Gasteiger partial charge in [0.1, 0.15) is 0 Å². The predicted molar refractivity (Wildman–Crippen MR) is 213 cm³/mol. The van der Waals surface area contributed by atoms with Crippen LogP contribution in [0.4, 0.5) is 0 Å².